The van der Waals surface area contributed by atoms with Crippen LogP contribution >= 0.6 is 0 Å². The molecule has 0 saturated heterocycles. The van der Waals surface area contributed by atoms with Crippen molar-refractivity contribution in [2.75, 3.05) is 6.61 Å². The molecule has 0 aromatic heterocycles. The molecular formula is C13H16O3. The first-order valence-corrected chi connectivity index (χ1v) is 5.17. The molecule has 1 aromatic carbocycles. The smallest absolute Gasteiger partial charge is 0.188 e. The number of benzene rings is 1. The van der Waals surface area contributed by atoms with Crippen LogP contribution in [0.1, 0.15) is 31.1 Å². The maximum Gasteiger partial charge on any atom is 0.188 e. The Morgan fingerprint density at radius 2 is 1.75 bits per heavy atom. The molecule has 0 fully saturated rings. The summed E-state index contributed by atoms with van der Waals surface area (Å²) in [4.78, 5) is 22.9. The molecule has 3 heteroatoms. The van der Waals surface area contributed by atoms with Crippen molar-refractivity contribution >= 4 is 11.6 Å². The Labute approximate surface area is 95.4 Å². The molecule has 0 unspecified atom stereocenters. The Hall–Kier alpha value is -1.48. The van der Waals surface area contributed by atoms with Gasteiger partial charge >= 0.3 is 0 Å². The van der Waals surface area contributed by atoms with Crippen molar-refractivity contribution in [3.63, 3.8) is 0 Å². The predicted molar refractivity (Wildman–Crippen MR) is 61.5 cm³/mol. The number of Topliss-reactive ketones (excluding diaryl/α,β-unsaturated/α-hetero) is 2. The van der Waals surface area contributed by atoms with Gasteiger partial charge in [-0.3, -0.25) is 9.59 Å². The van der Waals surface area contributed by atoms with Crippen LogP contribution < -0.4 is 0 Å². The van der Waals surface area contributed by atoms with Crippen molar-refractivity contribution in [3.05, 3.63) is 35.9 Å². The van der Waals surface area contributed by atoms with Crippen molar-refractivity contribution in [3.8, 4) is 0 Å². The quantitative estimate of drug-likeness (QED) is 0.715. The molecule has 0 amide bonds. The number of hydrogen-bond acceptors (Lipinski definition) is 3. The summed E-state index contributed by atoms with van der Waals surface area (Å²) in [6.45, 7) is 4.70. The van der Waals surface area contributed by atoms with Gasteiger partial charge in [-0.25, -0.2) is 0 Å². The highest BCUT2D eigenvalue weighted by Gasteiger charge is 2.25. The van der Waals surface area contributed by atoms with Gasteiger partial charge in [0.25, 0.3) is 0 Å². The van der Waals surface area contributed by atoms with Gasteiger partial charge in [-0.15, -0.1) is 0 Å². The molecule has 86 valence electrons. The van der Waals surface area contributed by atoms with Crippen LogP contribution in [0.2, 0.25) is 0 Å². The summed E-state index contributed by atoms with van der Waals surface area (Å²) in [5.74, 6) is -0.205. The normalized spacial score (nSPS) is 11.2. The van der Waals surface area contributed by atoms with E-state index in [0.29, 0.717) is 5.56 Å². The van der Waals surface area contributed by atoms with E-state index < -0.39 is 5.60 Å². The fourth-order valence-electron chi connectivity index (χ4n) is 1.05. The third-order valence-corrected chi connectivity index (χ3v) is 2.51. The van der Waals surface area contributed by atoms with E-state index in [1.165, 1.54) is 6.92 Å². The maximum absolute atomic E-state index is 11.7. The highest BCUT2D eigenvalue weighted by Crippen LogP contribution is 2.11. The molecule has 0 heterocycles. The molecule has 0 aliphatic heterocycles. The summed E-state index contributed by atoms with van der Waals surface area (Å²) in [5, 5.41) is 0. The molecule has 1 rings (SSSR count). The minimum absolute atomic E-state index is 0.0728. The van der Waals surface area contributed by atoms with Crippen LogP contribution in [-0.4, -0.2) is 23.8 Å². The molecule has 0 bridgehead atoms. The second kappa shape index (κ2) is 5.03. The number of carbonyl (C=O) groups is 2. The molecule has 0 atom stereocenters. The molecule has 0 radical (unpaired) electrons. The van der Waals surface area contributed by atoms with Crippen molar-refractivity contribution < 1.29 is 14.3 Å². The molecule has 0 aliphatic rings. The fraction of sp³-hybridized carbons (Fsp3) is 0.385. The lowest BCUT2D eigenvalue weighted by Gasteiger charge is -2.21. The van der Waals surface area contributed by atoms with Gasteiger partial charge in [0, 0.05) is 5.56 Å². The summed E-state index contributed by atoms with van der Waals surface area (Å²) in [7, 11) is 0. The van der Waals surface area contributed by atoms with Gasteiger partial charge < -0.3 is 4.74 Å². The van der Waals surface area contributed by atoms with Crippen molar-refractivity contribution in [1.29, 1.82) is 0 Å². The zero-order chi connectivity index (χ0) is 12.2. The van der Waals surface area contributed by atoms with Crippen LogP contribution in [0.25, 0.3) is 0 Å². The lowest BCUT2D eigenvalue weighted by molar-refractivity contribution is -0.136. The first-order chi connectivity index (χ1) is 7.43. The third-order valence-electron chi connectivity index (χ3n) is 2.51. The van der Waals surface area contributed by atoms with Crippen LogP contribution in [0, 0.1) is 0 Å². The van der Waals surface area contributed by atoms with Gasteiger partial charge in [0.05, 0.1) is 0 Å². The standard InChI is InChI=1S/C13H16O3/c1-10(14)13(2,3)16-9-12(15)11-7-5-4-6-8-11/h4-8H,9H2,1-3H3. The van der Waals surface area contributed by atoms with Gasteiger partial charge in [0.2, 0.25) is 0 Å². The fourth-order valence-corrected chi connectivity index (χ4v) is 1.05. The number of rotatable bonds is 5. The molecule has 3 nitrogen and oxygen atoms in total. The van der Waals surface area contributed by atoms with E-state index in [0.717, 1.165) is 0 Å². The molecule has 0 N–H and O–H groups in total. The van der Waals surface area contributed by atoms with Crippen LogP contribution in [0.3, 0.4) is 0 Å². The summed E-state index contributed by atoms with van der Waals surface area (Å²) in [5.41, 5.74) is -0.299. The zero-order valence-corrected chi connectivity index (χ0v) is 9.82. The van der Waals surface area contributed by atoms with E-state index in [-0.39, 0.29) is 18.2 Å². The molecule has 1 aromatic rings. The monoisotopic (exact) mass is 220 g/mol. The van der Waals surface area contributed by atoms with Crippen LogP contribution in [-0.2, 0) is 9.53 Å². The Morgan fingerprint density at radius 1 is 1.19 bits per heavy atom. The van der Waals surface area contributed by atoms with Crippen molar-refractivity contribution in [2.24, 2.45) is 0 Å². The Bertz CT molecular complexity index is 379. The Morgan fingerprint density at radius 3 is 2.25 bits per heavy atom. The number of ketones is 2. The number of carbonyl (C=O) groups excluding carboxylic acids is 2. The minimum atomic E-state index is -0.898. The van der Waals surface area contributed by atoms with Gasteiger partial charge in [-0.1, -0.05) is 30.3 Å². The average molecular weight is 220 g/mol. The van der Waals surface area contributed by atoms with E-state index in [2.05, 4.69) is 0 Å². The van der Waals surface area contributed by atoms with Gasteiger partial charge in [0.15, 0.2) is 11.6 Å². The van der Waals surface area contributed by atoms with E-state index in [1.807, 2.05) is 6.07 Å². The third kappa shape index (κ3) is 3.28. The molecule has 16 heavy (non-hydrogen) atoms. The Balaban J connectivity index is 2.58. The van der Waals surface area contributed by atoms with Gasteiger partial charge in [-0.05, 0) is 20.8 Å². The number of ether oxygens (including phenoxy) is 1. The summed E-state index contributed by atoms with van der Waals surface area (Å²) in [6.07, 6.45) is 0. The average Bonchev–Trinajstić information content (AvgIpc) is 2.27. The van der Waals surface area contributed by atoms with E-state index in [4.69, 9.17) is 4.74 Å². The molecule has 0 saturated carbocycles. The topological polar surface area (TPSA) is 43.4 Å². The molecule has 0 spiro atoms. The SMILES string of the molecule is CC(=O)C(C)(C)OCC(=O)c1ccccc1. The lowest BCUT2D eigenvalue weighted by Crippen LogP contribution is -2.34. The molecule has 0 aliphatic carbocycles. The van der Waals surface area contributed by atoms with Crippen LogP contribution in [0.15, 0.2) is 30.3 Å². The van der Waals surface area contributed by atoms with Crippen LogP contribution in [0.5, 0.6) is 0 Å². The van der Waals surface area contributed by atoms with E-state index >= 15 is 0 Å². The summed E-state index contributed by atoms with van der Waals surface area (Å²) in [6, 6.07) is 8.89. The number of hydrogen-bond donors (Lipinski definition) is 0. The maximum atomic E-state index is 11.7. The summed E-state index contributed by atoms with van der Waals surface area (Å²) >= 11 is 0. The van der Waals surface area contributed by atoms with E-state index in [9.17, 15) is 9.59 Å². The largest absolute Gasteiger partial charge is 0.360 e. The lowest BCUT2D eigenvalue weighted by atomic mass is 10.1. The molecular weight excluding hydrogens is 204 g/mol. The second-order valence-corrected chi connectivity index (χ2v) is 4.14. The van der Waals surface area contributed by atoms with Gasteiger partial charge in [0.1, 0.15) is 12.2 Å². The first-order valence-electron chi connectivity index (χ1n) is 5.17. The highest BCUT2D eigenvalue weighted by molar-refractivity contribution is 5.97. The minimum Gasteiger partial charge on any atom is -0.360 e. The Kier molecular flexibility index (Phi) is 3.96. The van der Waals surface area contributed by atoms with Gasteiger partial charge in [-0.2, -0.15) is 0 Å². The van der Waals surface area contributed by atoms with Crippen LogP contribution in [0.4, 0.5) is 0 Å². The zero-order valence-electron chi connectivity index (χ0n) is 9.82. The van der Waals surface area contributed by atoms with Crippen molar-refractivity contribution in [2.45, 2.75) is 26.4 Å². The van der Waals surface area contributed by atoms with E-state index in [1.54, 1.807) is 38.1 Å². The predicted octanol–water partition coefficient (Wildman–Crippen LogP) is 2.25. The highest BCUT2D eigenvalue weighted by atomic mass is 16.5. The van der Waals surface area contributed by atoms with Crippen molar-refractivity contribution in [1.82, 2.24) is 0 Å². The second-order valence-electron chi connectivity index (χ2n) is 4.14. The summed E-state index contributed by atoms with van der Waals surface area (Å²) < 4.78 is 5.31. The first kappa shape index (κ1) is 12.6.